The molecule has 1 amide bonds. The van der Waals surface area contributed by atoms with E-state index in [4.69, 9.17) is 9.84 Å². The number of nitrogens with one attached hydrogen (secondary N) is 1. The van der Waals surface area contributed by atoms with Gasteiger partial charge in [0.1, 0.15) is 18.0 Å². The van der Waals surface area contributed by atoms with Gasteiger partial charge < -0.3 is 15.2 Å². The molecule has 1 aliphatic rings. The minimum atomic E-state index is -0.997. The number of para-hydroxylation sites is 1. The van der Waals surface area contributed by atoms with Crippen LogP contribution in [0, 0.1) is 0 Å². The Kier molecular flexibility index (Phi) is 4.20. The Morgan fingerprint density at radius 1 is 1.38 bits per heavy atom. The first-order valence-corrected chi connectivity index (χ1v) is 7.58. The van der Waals surface area contributed by atoms with E-state index in [1.807, 2.05) is 24.3 Å². The summed E-state index contributed by atoms with van der Waals surface area (Å²) >= 11 is 0. The maximum atomic E-state index is 12.6. The van der Waals surface area contributed by atoms with Crippen molar-refractivity contribution in [2.45, 2.75) is 31.3 Å². The summed E-state index contributed by atoms with van der Waals surface area (Å²) in [5, 5.41) is 19.1. The van der Waals surface area contributed by atoms with E-state index in [9.17, 15) is 9.59 Å². The molecule has 0 spiro atoms. The molecule has 1 aliphatic carbocycles. The summed E-state index contributed by atoms with van der Waals surface area (Å²) in [5.41, 5.74) is 0.851. The molecule has 1 aromatic carbocycles. The molecule has 2 N–H and O–H groups in total. The van der Waals surface area contributed by atoms with Crippen molar-refractivity contribution in [2.24, 2.45) is 0 Å². The van der Waals surface area contributed by atoms with Crippen molar-refractivity contribution in [1.29, 1.82) is 0 Å². The number of carbonyl (C=O) groups is 2. The number of aliphatic carboxylic acids is 1. The normalized spacial score (nSPS) is 14.9. The van der Waals surface area contributed by atoms with Crippen LogP contribution in [0.2, 0.25) is 0 Å². The Balaban J connectivity index is 1.67. The monoisotopic (exact) mass is 330 g/mol. The number of hydrogen-bond donors (Lipinski definition) is 2. The predicted octanol–water partition coefficient (Wildman–Crippen LogP) is 0.719. The number of carboxylic acid groups (broad SMARTS) is 1. The van der Waals surface area contributed by atoms with Gasteiger partial charge in [0.15, 0.2) is 0 Å². The number of hydrogen-bond acceptors (Lipinski definition) is 5. The quantitative estimate of drug-likeness (QED) is 0.775. The zero-order valence-corrected chi connectivity index (χ0v) is 13.2. The SMILES string of the molecule is COc1ccccc1C1(C(=O)NCc2cn(CC(=O)O)nn2)CC1. The number of rotatable bonds is 7. The molecular formula is C16H18N4O4. The second-order valence-electron chi connectivity index (χ2n) is 5.77. The van der Waals surface area contributed by atoms with Crippen LogP contribution in [0.15, 0.2) is 30.5 Å². The molecule has 126 valence electrons. The van der Waals surface area contributed by atoms with E-state index in [1.165, 1.54) is 10.9 Å². The molecule has 0 atom stereocenters. The van der Waals surface area contributed by atoms with Crippen LogP contribution in [0.3, 0.4) is 0 Å². The van der Waals surface area contributed by atoms with E-state index in [0.29, 0.717) is 11.4 Å². The minimum Gasteiger partial charge on any atom is -0.496 e. The summed E-state index contributed by atoms with van der Waals surface area (Å²) in [5.74, 6) is -0.374. The predicted molar refractivity (Wildman–Crippen MR) is 83.4 cm³/mol. The first-order chi connectivity index (χ1) is 11.5. The minimum absolute atomic E-state index is 0.0835. The summed E-state index contributed by atoms with van der Waals surface area (Å²) < 4.78 is 6.58. The zero-order chi connectivity index (χ0) is 17.2. The van der Waals surface area contributed by atoms with Gasteiger partial charge in [-0.2, -0.15) is 0 Å². The molecule has 0 radical (unpaired) electrons. The summed E-state index contributed by atoms with van der Waals surface area (Å²) in [6.45, 7) is -0.0541. The molecule has 8 nitrogen and oxygen atoms in total. The first-order valence-electron chi connectivity index (χ1n) is 7.58. The van der Waals surface area contributed by atoms with Crippen LogP contribution in [-0.4, -0.2) is 39.1 Å². The number of aromatic nitrogens is 3. The molecule has 0 bridgehead atoms. The molecule has 3 rings (SSSR count). The van der Waals surface area contributed by atoms with E-state index >= 15 is 0 Å². The molecule has 1 fully saturated rings. The van der Waals surface area contributed by atoms with E-state index in [-0.39, 0.29) is 19.0 Å². The van der Waals surface area contributed by atoms with Crippen LogP contribution < -0.4 is 10.1 Å². The van der Waals surface area contributed by atoms with E-state index in [0.717, 1.165) is 18.4 Å². The van der Waals surface area contributed by atoms with Crippen molar-refractivity contribution in [1.82, 2.24) is 20.3 Å². The highest BCUT2D eigenvalue weighted by molar-refractivity contribution is 5.92. The summed E-state index contributed by atoms with van der Waals surface area (Å²) in [4.78, 5) is 23.3. The standard InChI is InChI=1S/C16H18N4O4/c1-24-13-5-3-2-4-12(13)16(6-7-16)15(23)17-8-11-9-20(19-18-11)10-14(21)22/h2-5,9H,6-8,10H2,1H3,(H,17,23)(H,21,22). The van der Waals surface area contributed by atoms with Gasteiger partial charge in [0.2, 0.25) is 5.91 Å². The Labute approximate surface area is 138 Å². The summed E-state index contributed by atoms with van der Waals surface area (Å²) in [7, 11) is 1.59. The van der Waals surface area contributed by atoms with Crippen molar-refractivity contribution < 1.29 is 19.4 Å². The van der Waals surface area contributed by atoms with Crippen LogP contribution in [0.25, 0.3) is 0 Å². The third-order valence-corrected chi connectivity index (χ3v) is 4.12. The van der Waals surface area contributed by atoms with Gasteiger partial charge in [-0.15, -0.1) is 5.10 Å². The molecular weight excluding hydrogens is 312 g/mol. The topological polar surface area (TPSA) is 106 Å². The number of ether oxygens (including phenoxy) is 1. The lowest BCUT2D eigenvalue weighted by Gasteiger charge is -2.18. The van der Waals surface area contributed by atoms with Crippen LogP contribution in [0.4, 0.5) is 0 Å². The van der Waals surface area contributed by atoms with Crippen molar-refractivity contribution in [3.8, 4) is 5.75 Å². The highest BCUT2D eigenvalue weighted by atomic mass is 16.5. The number of nitrogens with zero attached hydrogens (tertiary/aromatic N) is 3. The number of carbonyl (C=O) groups excluding carboxylic acids is 1. The van der Waals surface area contributed by atoms with Crippen molar-refractivity contribution in [3.63, 3.8) is 0 Å². The van der Waals surface area contributed by atoms with Crippen molar-refractivity contribution in [2.75, 3.05) is 7.11 Å². The third kappa shape index (κ3) is 3.08. The largest absolute Gasteiger partial charge is 0.496 e. The van der Waals surface area contributed by atoms with Crippen LogP contribution in [0.1, 0.15) is 24.1 Å². The second-order valence-corrected chi connectivity index (χ2v) is 5.77. The summed E-state index contributed by atoms with van der Waals surface area (Å²) in [6, 6.07) is 7.52. The molecule has 0 aliphatic heterocycles. The Morgan fingerprint density at radius 2 is 2.12 bits per heavy atom. The number of benzene rings is 1. The van der Waals surface area contributed by atoms with Crippen LogP contribution in [0.5, 0.6) is 5.75 Å². The molecule has 0 unspecified atom stereocenters. The van der Waals surface area contributed by atoms with Gasteiger partial charge in [-0.1, -0.05) is 23.4 Å². The van der Waals surface area contributed by atoms with Crippen molar-refractivity contribution >= 4 is 11.9 Å². The van der Waals surface area contributed by atoms with E-state index in [1.54, 1.807) is 7.11 Å². The maximum Gasteiger partial charge on any atom is 0.325 e. The lowest BCUT2D eigenvalue weighted by Crippen LogP contribution is -2.34. The van der Waals surface area contributed by atoms with Gasteiger partial charge in [0, 0.05) is 5.56 Å². The van der Waals surface area contributed by atoms with Gasteiger partial charge in [0.25, 0.3) is 0 Å². The van der Waals surface area contributed by atoms with Gasteiger partial charge in [0.05, 0.1) is 25.3 Å². The van der Waals surface area contributed by atoms with E-state index in [2.05, 4.69) is 15.6 Å². The Bertz CT molecular complexity index is 767. The van der Waals surface area contributed by atoms with Crippen molar-refractivity contribution in [3.05, 3.63) is 41.7 Å². The maximum absolute atomic E-state index is 12.6. The number of carboxylic acids is 1. The number of methoxy groups -OCH3 is 1. The average Bonchev–Trinajstić information content (AvgIpc) is 3.27. The van der Waals surface area contributed by atoms with Crippen LogP contribution >= 0.6 is 0 Å². The fourth-order valence-corrected chi connectivity index (χ4v) is 2.76. The highest BCUT2D eigenvalue weighted by Gasteiger charge is 2.52. The van der Waals surface area contributed by atoms with Gasteiger partial charge in [-0.3, -0.25) is 9.59 Å². The second kappa shape index (κ2) is 6.31. The smallest absolute Gasteiger partial charge is 0.325 e. The zero-order valence-electron chi connectivity index (χ0n) is 13.2. The molecule has 1 aromatic heterocycles. The Morgan fingerprint density at radius 3 is 2.79 bits per heavy atom. The fourth-order valence-electron chi connectivity index (χ4n) is 2.76. The van der Waals surface area contributed by atoms with Gasteiger partial charge in [-0.05, 0) is 18.9 Å². The van der Waals surface area contributed by atoms with E-state index < -0.39 is 11.4 Å². The third-order valence-electron chi connectivity index (χ3n) is 4.12. The molecule has 24 heavy (non-hydrogen) atoms. The lowest BCUT2D eigenvalue weighted by atomic mass is 9.94. The number of amides is 1. The first kappa shape index (κ1) is 16.0. The molecule has 1 saturated carbocycles. The van der Waals surface area contributed by atoms with Crippen LogP contribution in [-0.2, 0) is 28.1 Å². The summed E-state index contributed by atoms with van der Waals surface area (Å²) in [6.07, 6.45) is 3.05. The molecule has 0 saturated heterocycles. The molecule has 2 aromatic rings. The van der Waals surface area contributed by atoms with Gasteiger partial charge >= 0.3 is 5.97 Å². The average molecular weight is 330 g/mol. The molecule has 1 heterocycles. The Hall–Kier alpha value is -2.90. The highest BCUT2D eigenvalue weighted by Crippen LogP contribution is 2.51. The fraction of sp³-hybridized carbons (Fsp3) is 0.375. The van der Waals surface area contributed by atoms with Gasteiger partial charge in [-0.25, -0.2) is 4.68 Å². The molecule has 8 heteroatoms. The lowest BCUT2D eigenvalue weighted by molar-refractivity contribution is -0.138.